The van der Waals surface area contributed by atoms with Crippen LogP contribution in [0.2, 0.25) is 0 Å². The first-order valence-electron chi connectivity index (χ1n) is 11.9. The highest BCUT2D eigenvalue weighted by Crippen LogP contribution is 2.36. The van der Waals surface area contributed by atoms with E-state index in [4.69, 9.17) is 4.98 Å². The first-order valence-corrected chi connectivity index (χ1v) is 11.9. The van der Waals surface area contributed by atoms with Crippen LogP contribution >= 0.6 is 0 Å². The lowest BCUT2D eigenvalue weighted by Gasteiger charge is -2.33. The third kappa shape index (κ3) is 4.56. The lowest BCUT2D eigenvalue weighted by molar-refractivity contribution is 0.112. The molecule has 0 aliphatic heterocycles. The van der Waals surface area contributed by atoms with Crippen LogP contribution in [0.3, 0.4) is 0 Å². The van der Waals surface area contributed by atoms with Crippen molar-refractivity contribution in [1.29, 1.82) is 0 Å². The number of halogens is 2. The number of aliphatic hydroxyl groups is 2. The van der Waals surface area contributed by atoms with Crippen molar-refractivity contribution in [2.24, 2.45) is 0 Å². The molecule has 34 heavy (non-hydrogen) atoms. The number of hydrogen-bond acceptors (Lipinski definition) is 7. The zero-order valence-corrected chi connectivity index (χ0v) is 19.2. The third-order valence-corrected chi connectivity index (χ3v) is 7.16. The molecular weight excluding hydrogens is 442 g/mol. The minimum atomic E-state index is -0.705. The average Bonchev–Trinajstić information content (AvgIpc) is 3.18. The Hall–Kier alpha value is -2.85. The van der Waals surface area contributed by atoms with Crippen LogP contribution in [-0.4, -0.2) is 55.0 Å². The summed E-state index contributed by atoms with van der Waals surface area (Å²) in [4.78, 5) is 16.1. The first kappa shape index (κ1) is 22.9. The molecule has 0 radical (unpaired) electrons. The molecule has 0 amide bonds. The molecule has 8 nitrogen and oxygen atoms in total. The topological polar surface area (TPSA) is 99.3 Å². The summed E-state index contributed by atoms with van der Waals surface area (Å²) in [7, 11) is 1.97. The second-order valence-corrected chi connectivity index (χ2v) is 9.47. The van der Waals surface area contributed by atoms with Gasteiger partial charge in [-0.05, 0) is 63.5 Å². The summed E-state index contributed by atoms with van der Waals surface area (Å²) in [6.07, 6.45) is 7.18. The van der Waals surface area contributed by atoms with E-state index >= 15 is 0 Å². The number of imidazole rings is 1. The molecule has 2 saturated carbocycles. The Bertz CT molecular complexity index is 1160. The Morgan fingerprint density at radius 1 is 0.971 bits per heavy atom. The second-order valence-electron chi connectivity index (χ2n) is 9.47. The summed E-state index contributed by atoms with van der Waals surface area (Å²) < 4.78 is 29.8. The number of anilines is 3. The maximum atomic E-state index is 14.4. The molecule has 10 heteroatoms. The summed E-state index contributed by atoms with van der Waals surface area (Å²) >= 11 is 0. The van der Waals surface area contributed by atoms with Crippen molar-refractivity contribution in [2.75, 3.05) is 17.3 Å². The van der Waals surface area contributed by atoms with Crippen molar-refractivity contribution in [3.63, 3.8) is 0 Å². The van der Waals surface area contributed by atoms with Gasteiger partial charge in [0.2, 0.25) is 11.9 Å². The standard InChI is InChI=1S/C24H30F2N6O2/c1-31(15-3-7-17(33)8-4-15)23-27-13-21-22(30-23)32(16-5-9-18(34)10-6-16)24(29-21)28-20-11-2-14(25)12-19(20)26/h2,11-13,15-18,33-34H,3-10H2,1H3,(H,28,29). The number of aromatic nitrogens is 4. The van der Waals surface area contributed by atoms with Crippen LogP contribution in [0.5, 0.6) is 0 Å². The smallest absolute Gasteiger partial charge is 0.227 e. The zero-order valence-electron chi connectivity index (χ0n) is 19.2. The predicted molar refractivity (Wildman–Crippen MR) is 125 cm³/mol. The zero-order chi connectivity index (χ0) is 23.8. The quantitative estimate of drug-likeness (QED) is 0.515. The molecule has 2 aromatic heterocycles. The number of aliphatic hydroxyl groups excluding tert-OH is 2. The number of hydrogen-bond donors (Lipinski definition) is 3. The predicted octanol–water partition coefficient (Wildman–Crippen LogP) is 4.06. The van der Waals surface area contributed by atoms with E-state index < -0.39 is 11.6 Å². The highest BCUT2D eigenvalue weighted by atomic mass is 19.1. The van der Waals surface area contributed by atoms with Crippen molar-refractivity contribution in [3.05, 3.63) is 36.0 Å². The Morgan fingerprint density at radius 2 is 1.65 bits per heavy atom. The molecule has 2 aliphatic carbocycles. The van der Waals surface area contributed by atoms with Gasteiger partial charge >= 0.3 is 0 Å². The number of nitrogens with one attached hydrogen (secondary N) is 1. The molecule has 0 bridgehead atoms. The third-order valence-electron chi connectivity index (χ3n) is 7.16. The largest absolute Gasteiger partial charge is 0.393 e. The van der Waals surface area contributed by atoms with E-state index in [0.717, 1.165) is 44.6 Å². The summed E-state index contributed by atoms with van der Waals surface area (Å²) in [5.74, 6) is -0.363. The van der Waals surface area contributed by atoms with E-state index in [0.29, 0.717) is 35.9 Å². The fraction of sp³-hybridized carbons (Fsp3) is 0.542. The molecule has 2 aliphatic rings. The van der Waals surface area contributed by atoms with Crippen molar-refractivity contribution in [3.8, 4) is 0 Å². The van der Waals surface area contributed by atoms with Crippen molar-refractivity contribution < 1.29 is 19.0 Å². The van der Waals surface area contributed by atoms with Crippen LogP contribution in [-0.2, 0) is 0 Å². The van der Waals surface area contributed by atoms with Crippen LogP contribution in [0.25, 0.3) is 11.2 Å². The normalized spacial score (nSPS) is 25.4. The van der Waals surface area contributed by atoms with Crippen molar-refractivity contribution >= 4 is 28.7 Å². The van der Waals surface area contributed by atoms with Crippen LogP contribution in [0.1, 0.15) is 57.4 Å². The van der Waals surface area contributed by atoms with Gasteiger partial charge in [-0.2, -0.15) is 4.98 Å². The van der Waals surface area contributed by atoms with E-state index in [1.807, 2.05) is 11.6 Å². The fourth-order valence-corrected chi connectivity index (χ4v) is 5.12. The minimum Gasteiger partial charge on any atom is -0.393 e. The molecule has 2 fully saturated rings. The molecule has 0 saturated heterocycles. The summed E-state index contributed by atoms with van der Waals surface area (Å²) in [5, 5.41) is 22.9. The Morgan fingerprint density at radius 3 is 2.32 bits per heavy atom. The van der Waals surface area contributed by atoms with E-state index in [-0.39, 0.29) is 30.0 Å². The maximum Gasteiger partial charge on any atom is 0.227 e. The van der Waals surface area contributed by atoms with Gasteiger partial charge in [0.1, 0.15) is 17.2 Å². The Labute approximate surface area is 196 Å². The Kier molecular flexibility index (Phi) is 6.35. The van der Waals surface area contributed by atoms with Crippen LogP contribution < -0.4 is 10.2 Å². The summed E-state index contributed by atoms with van der Waals surface area (Å²) in [6, 6.07) is 3.65. The number of nitrogens with zero attached hydrogens (tertiary/aromatic N) is 5. The van der Waals surface area contributed by atoms with Crippen molar-refractivity contribution in [2.45, 2.75) is 75.7 Å². The van der Waals surface area contributed by atoms with Gasteiger partial charge in [0.05, 0.1) is 24.1 Å². The minimum absolute atomic E-state index is 0.0253. The van der Waals surface area contributed by atoms with Crippen LogP contribution in [0.4, 0.5) is 26.4 Å². The van der Waals surface area contributed by atoms with Crippen LogP contribution in [0, 0.1) is 11.6 Å². The summed E-state index contributed by atoms with van der Waals surface area (Å²) in [6.45, 7) is 0. The average molecular weight is 473 g/mol. The second kappa shape index (κ2) is 9.42. The van der Waals surface area contributed by atoms with Gasteiger partial charge in [-0.15, -0.1) is 0 Å². The number of benzene rings is 1. The lowest BCUT2D eigenvalue weighted by Crippen LogP contribution is -2.37. The summed E-state index contributed by atoms with van der Waals surface area (Å²) in [5.41, 5.74) is 1.34. The molecule has 0 atom stereocenters. The van der Waals surface area contributed by atoms with Gasteiger partial charge in [0, 0.05) is 25.2 Å². The molecule has 0 spiro atoms. The van der Waals surface area contributed by atoms with E-state index in [2.05, 4.69) is 20.2 Å². The molecule has 0 unspecified atom stereocenters. The molecule has 182 valence electrons. The molecule has 5 rings (SSSR count). The highest BCUT2D eigenvalue weighted by Gasteiger charge is 2.28. The lowest BCUT2D eigenvalue weighted by atomic mass is 9.92. The van der Waals surface area contributed by atoms with Gasteiger partial charge in [0.15, 0.2) is 5.65 Å². The van der Waals surface area contributed by atoms with Gasteiger partial charge in [0.25, 0.3) is 0 Å². The Balaban J connectivity index is 1.52. The van der Waals surface area contributed by atoms with E-state index in [9.17, 15) is 19.0 Å². The molecule has 2 heterocycles. The maximum absolute atomic E-state index is 14.4. The van der Waals surface area contributed by atoms with Gasteiger partial charge in [-0.3, -0.25) is 4.57 Å². The van der Waals surface area contributed by atoms with Crippen LogP contribution in [0.15, 0.2) is 24.4 Å². The van der Waals surface area contributed by atoms with E-state index in [1.54, 1.807) is 6.20 Å². The molecule has 1 aromatic carbocycles. The molecule has 3 aromatic rings. The monoisotopic (exact) mass is 472 g/mol. The molecule has 3 N–H and O–H groups in total. The van der Waals surface area contributed by atoms with Gasteiger partial charge < -0.3 is 20.4 Å². The number of fused-ring (bicyclic) bond motifs is 1. The van der Waals surface area contributed by atoms with Gasteiger partial charge in [-0.1, -0.05) is 0 Å². The molecular formula is C24H30F2N6O2. The SMILES string of the molecule is CN(c1ncc2nc(Nc3ccc(F)cc3F)n(C3CCC(O)CC3)c2n1)C1CCC(O)CC1. The fourth-order valence-electron chi connectivity index (χ4n) is 5.12. The highest BCUT2D eigenvalue weighted by molar-refractivity contribution is 5.76. The van der Waals surface area contributed by atoms with E-state index in [1.165, 1.54) is 12.1 Å². The van der Waals surface area contributed by atoms with Crippen molar-refractivity contribution in [1.82, 2.24) is 19.5 Å². The first-order chi connectivity index (χ1) is 16.4. The van der Waals surface area contributed by atoms with Gasteiger partial charge in [-0.25, -0.2) is 18.7 Å². The number of rotatable bonds is 5.